The van der Waals surface area contributed by atoms with Gasteiger partial charge in [-0.25, -0.2) is 4.79 Å². The van der Waals surface area contributed by atoms with E-state index in [1.54, 1.807) is 30.3 Å². The number of rotatable bonds is 7. The summed E-state index contributed by atoms with van der Waals surface area (Å²) in [7, 11) is 0. The van der Waals surface area contributed by atoms with E-state index in [1.807, 2.05) is 0 Å². The van der Waals surface area contributed by atoms with Crippen molar-refractivity contribution in [1.29, 1.82) is 0 Å². The van der Waals surface area contributed by atoms with Gasteiger partial charge in [0.25, 0.3) is 0 Å². The number of nitrogens with two attached hydrogens (primary N) is 1. The molecule has 0 saturated heterocycles. The molecule has 2 atom stereocenters. The van der Waals surface area contributed by atoms with Crippen LogP contribution in [0.4, 0.5) is 0 Å². The molecule has 7 heteroatoms. The van der Waals surface area contributed by atoms with Crippen LogP contribution in [0, 0.1) is 0 Å². The summed E-state index contributed by atoms with van der Waals surface area (Å²) in [5.41, 5.74) is 5.97. The molecule has 0 heterocycles. The first-order valence-corrected chi connectivity index (χ1v) is 5.94. The highest BCUT2D eigenvalue weighted by atomic mass is 16.4. The fraction of sp³-hybridized carbons (Fsp3) is 0.308. The largest absolute Gasteiger partial charge is 0.480 e. The van der Waals surface area contributed by atoms with Crippen LogP contribution in [0.5, 0.6) is 0 Å². The van der Waals surface area contributed by atoms with Gasteiger partial charge in [0.05, 0.1) is 6.42 Å². The lowest BCUT2D eigenvalue weighted by molar-refractivity contribution is -0.142. The summed E-state index contributed by atoms with van der Waals surface area (Å²) in [6.07, 6.45) is -0.349. The number of carboxylic acid groups (broad SMARTS) is 2. The van der Waals surface area contributed by atoms with E-state index in [0.29, 0.717) is 0 Å². The van der Waals surface area contributed by atoms with Crippen LogP contribution in [0.25, 0.3) is 0 Å². The van der Waals surface area contributed by atoms with Crippen LogP contribution < -0.4 is 11.1 Å². The quantitative estimate of drug-likeness (QED) is 0.537. The molecule has 20 heavy (non-hydrogen) atoms. The fourth-order valence-corrected chi connectivity index (χ4v) is 1.59. The van der Waals surface area contributed by atoms with E-state index in [2.05, 4.69) is 5.32 Å². The zero-order chi connectivity index (χ0) is 15.1. The second-order valence-electron chi connectivity index (χ2n) is 4.30. The highest BCUT2D eigenvalue weighted by Crippen LogP contribution is 2.04. The van der Waals surface area contributed by atoms with Gasteiger partial charge in [0.1, 0.15) is 12.1 Å². The molecule has 5 N–H and O–H groups in total. The standard InChI is InChI=1S/C13H16N2O5/c14-9(12(17)18)7-11(16)15-10(13(19)20)6-8-4-2-1-3-5-8/h1-5,9-10H,6-7,14H2,(H,15,16)(H,17,18)(H,19,20). The summed E-state index contributed by atoms with van der Waals surface area (Å²) >= 11 is 0. The molecule has 108 valence electrons. The number of hydrogen-bond acceptors (Lipinski definition) is 4. The van der Waals surface area contributed by atoms with E-state index >= 15 is 0 Å². The predicted molar refractivity (Wildman–Crippen MR) is 69.9 cm³/mol. The molecule has 0 radical (unpaired) electrons. The highest BCUT2D eigenvalue weighted by molar-refractivity contribution is 5.87. The summed E-state index contributed by atoms with van der Waals surface area (Å²) in [5.74, 6) is -3.20. The molecule has 0 aliphatic carbocycles. The second-order valence-corrected chi connectivity index (χ2v) is 4.30. The summed E-state index contributed by atoms with van der Waals surface area (Å²) in [6.45, 7) is 0. The van der Waals surface area contributed by atoms with Crippen LogP contribution in [-0.2, 0) is 20.8 Å². The lowest BCUT2D eigenvalue weighted by Gasteiger charge is -2.15. The molecular weight excluding hydrogens is 264 g/mol. The Morgan fingerprint density at radius 2 is 1.70 bits per heavy atom. The molecular formula is C13H16N2O5. The molecule has 0 fully saturated rings. The van der Waals surface area contributed by atoms with E-state index in [9.17, 15) is 14.4 Å². The average molecular weight is 280 g/mol. The van der Waals surface area contributed by atoms with Gasteiger partial charge in [0.2, 0.25) is 5.91 Å². The third-order valence-corrected chi connectivity index (χ3v) is 2.64. The van der Waals surface area contributed by atoms with Crippen LogP contribution >= 0.6 is 0 Å². The maximum atomic E-state index is 11.5. The third-order valence-electron chi connectivity index (χ3n) is 2.64. The molecule has 0 aromatic heterocycles. The number of carbonyl (C=O) groups excluding carboxylic acids is 1. The van der Waals surface area contributed by atoms with Crippen molar-refractivity contribution in [2.24, 2.45) is 5.73 Å². The van der Waals surface area contributed by atoms with E-state index in [0.717, 1.165) is 5.56 Å². The highest BCUT2D eigenvalue weighted by Gasteiger charge is 2.23. The topological polar surface area (TPSA) is 130 Å². The number of amides is 1. The molecule has 1 aromatic rings. The number of aliphatic carboxylic acids is 2. The SMILES string of the molecule is NC(CC(=O)NC(Cc1ccccc1)C(=O)O)C(=O)O. The first-order chi connectivity index (χ1) is 9.40. The number of nitrogens with one attached hydrogen (secondary N) is 1. The third kappa shape index (κ3) is 5.07. The average Bonchev–Trinajstić information content (AvgIpc) is 2.38. The molecule has 0 aliphatic rings. The number of carboxylic acids is 2. The van der Waals surface area contributed by atoms with Gasteiger partial charge >= 0.3 is 11.9 Å². The Labute approximate surface area is 115 Å². The van der Waals surface area contributed by atoms with Crippen LogP contribution in [-0.4, -0.2) is 40.1 Å². The maximum absolute atomic E-state index is 11.5. The van der Waals surface area contributed by atoms with Crippen molar-refractivity contribution >= 4 is 17.8 Å². The van der Waals surface area contributed by atoms with E-state index in [1.165, 1.54) is 0 Å². The van der Waals surface area contributed by atoms with Crippen molar-refractivity contribution in [1.82, 2.24) is 5.32 Å². The molecule has 1 amide bonds. The minimum Gasteiger partial charge on any atom is -0.480 e. The van der Waals surface area contributed by atoms with E-state index in [-0.39, 0.29) is 6.42 Å². The van der Waals surface area contributed by atoms with Gasteiger partial charge in [0, 0.05) is 6.42 Å². The summed E-state index contributed by atoms with van der Waals surface area (Å²) in [4.78, 5) is 33.2. The molecule has 0 aliphatic heterocycles. The Morgan fingerprint density at radius 1 is 1.10 bits per heavy atom. The van der Waals surface area contributed by atoms with Crippen molar-refractivity contribution in [2.75, 3.05) is 0 Å². The number of benzene rings is 1. The van der Waals surface area contributed by atoms with E-state index < -0.39 is 36.4 Å². The molecule has 7 nitrogen and oxygen atoms in total. The zero-order valence-electron chi connectivity index (χ0n) is 10.7. The first kappa shape index (κ1) is 15.6. The van der Waals surface area contributed by atoms with Gasteiger partial charge < -0.3 is 21.3 Å². The molecule has 2 unspecified atom stereocenters. The van der Waals surface area contributed by atoms with Gasteiger partial charge in [-0.05, 0) is 5.56 Å². The predicted octanol–water partition coefficient (Wildman–Crippen LogP) is -0.399. The fourth-order valence-electron chi connectivity index (χ4n) is 1.59. The minimum absolute atomic E-state index is 0.115. The minimum atomic E-state index is -1.35. The Kier molecular flexibility index (Phi) is 5.67. The zero-order valence-corrected chi connectivity index (χ0v) is 10.7. The summed E-state index contributed by atoms with van der Waals surface area (Å²) < 4.78 is 0. The van der Waals surface area contributed by atoms with Crippen molar-refractivity contribution in [3.63, 3.8) is 0 Å². The molecule has 0 bridgehead atoms. The lowest BCUT2D eigenvalue weighted by Crippen LogP contribution is -2.45. The summed E-state index contributed by atoms with van der Waals surface area (Å²) in [5, 5.41) is 19.9. The lowest BCUT2D eigenvalue weighted by atomic mass is 10.1. The van der Waals surface area contributed by atoms with Crippen LogP contribution in [0.1, 0.15) is 12.0 Å². The van der Waals surface area contributed by atoms with Gasteiger partial charge in [-0.15, -0.1) is 0 Å². The van der Waals surface area contributed by atoms with E-state index in [4.69, 9.17) is 15.9 Å². The van der Waals surface area contributed by atoms with Crippen molar-refractivity contribution in [2.45, 2.75) is 24.9 Å². The molecule has 0 saturated carbocycles. The Morgan fingerprint density at radius 3 is 2.20 bits per heavy atom. The number of hydrogen-bond donors (Lipinski definition) is 4. The first-order valence-electron chi connectivity index (χ1n) is 5.94. The summed E-state index contributed by atoms with van der Waals surface area (Å²) in [6, 6.07) is 6.33. The van der Waals surface area contributed by atoms with Gasteiger partial charge in [-0.3, -0.25) is 9.59 Å². The van der Waals surface area contributed by atoms with Gasteiger partial charge in [-0.1, -0.05) is 30.3 Å². The number of carbonyl (C=O) groups is 3. The van der Waals surface area contributed by atoms with Crippen LogP contribution in [0.2, 0.25) is 0 Å². The van der Waals surface area contributed by atoms with Crippen LogP contribution in [0.15, 0.2) is 30.3 Å². The van der Waals surface area contributed by atoms with Gasteiger partial charge in [0.15, 0.2) is 0 Å². The molecule has 1 rings (SSSR count). The van der Waals surface area contributed by atoms with Crippen molar-refractivity contribution in [3.8, 4) is 0 Å². The van der Waals surface area contributed by atoms with Gasteiger partial charge in [-0.2, -0.15) is 0 Å². The van der Waals surface area contributed by atoms with Crippen molar-refractivity contribution < 1.29 is 24.6 Å². The smallest absolute Gasteiger partial charge is 0.326 e. The molecule has 0 spiro atoms. The Bertz CT molecular complexity index is 489. The second kappa shape index (κ2) is 7.25. The normalized spacial score (nSPS) is 13.2. The Balaban J connectivity index is 2.62. The monoisotopic (exact) mass is 280 g/mol. The van der Waals surface area contributed by atoms with Crippen molar-refractivity contribution in [3.05, 3.63) is 35.9 Å². The maximum Gasteiger partial charge on any atom is 0.326 e. The Hall–Kier alpha value is -2.41. The molecule has 1 aromatic carbocycles. The van der Waals surface area contributed by atoms with Crippen LogP contribution in [0.3, 0.4) is 0 Å².